The molecule has 0 unspecified atom stereocenters. The van der Waals surface area contributed by atoms with E-state index in [-0.39, 0.29) is 0 Å². The SMILES string of the molecule is CSCCCS/C=C(/c1ccccc1C=O)N(C)C1CCCCC1. The number of carbonyl (C=O) groups excluding carboxylic acids is 1. The Labute approximate surface area is 155 Å². The van der Waals surface area contributed by atoms with Crippen LogP contribution in [0.4, 0.5) is 0 Å². The third-order valence-corrected chi connectivity index (χ3v) is 6.28. The van der Waals surface area contributed by atoms with Crippen LogP contribution in [0.3, 0.4) is 0 Å². The lowest BCUT2D eigenvalue weighted by atomic mass is 9.93. The molecule has 1 aromatic carbocycles. The van der Waals surface area contributed by atoms with E-state index >= 15 is 0 Å². The molecule has 1 fully saturated rings. The van der Waals surface area contributed by atoms with Crippen LogP contribution < -0.4 is 0 Å². The lowest BCUT2D eigenvalue weighted by molar-refractivity contribution is 0.112. The van der Waals surface area contributed by atoms with Crippen LogP contribution in [0.1, 0.15) is 54.4 Å². The van der Waals surface area contributed by atoms with Gasteiger partial charge in [-0.2, -0.15) is 11.8 Å². The Kier molecular flexibility index (Phi) is 8.82. The minimum absolute atomic E-state index is 0.594. The number of benzene rings is 1. The molecule has 4 heteroatoms. The van der Waals surface area contributed by atoms with Crippen LogP contribution in [0.15, 0.2) is 29.7 Å². The molecule has 1 aromatic rings. The number of aldehydes is 1. The van der Waals surface area contributed by atoms with Crippen LogP contribution in [-0.2, 0) is 0 Å². The molecule has 0 aromatic heterocycles. The molecular formula is C20H29NOS2. The molecule has 0 heterocycles. The fourth-order valence-electron chi connectivity index (χ4n) is 3.26. The highest BCUT2D eigenvalue weighted by Crippen LogP contribution is 2.31. The monoisotopic (exact) mass is 363 g/mol. The van der Waals surface area contributed by atoms with Gasteiger partial charge in [0.05, 0.1) is 5.70 Å². The molecule has 1 aliphatic carbocycles. The van der Waals surface area contributed by atoms with Gasteiger partial charge in [0.15, 0.2) is 6.29 Å². The molecule has 0 spiro atoms. The van der Waals surface area contributed by atoms with Gasteiger partial charge < -0.3 is 4.90 Å². The Morgan fingerprint density at radius 2 is 1.96 bits per heavy atom. The fourth-order valence-corrected chi connectivity index (χ4v) is 4.75. The molecule has 24 heavy (non-hydrogen) atoms. The molecule has 0 aliphatic heterocycles. The first-order valence-corrected chi connectivity index (χ1v) is 11.3. The summed E-state index contributed by atoms with van der Waals surface area (Å²) >= 11 is 3.78. The Hall–Kier alpha value is -0.870. The lowest BCUT2D eigenvalue weighted by Crippen LogP contribution is -2.32. The Morgan fingerprint density at radius 1 is 1.21 bits per heavy atom. The summed E-state index contributed by atoms with van der Waals surface area (Å²) in [5, 5.41) is 2.28. The molecule has 0 N–H and O–H groups in total. The normalized spacial score (nSPS) is 16.2. The van der Waals surface area contributed by atoms with Gasteiger partial charge in [0, 0.05) is 24.2 Å². The van der Waals surface area contributed by atoms with Crippen molar-refractivity contribution < 1.29 is 4.79 Å². The van der Waals surface area contributed by atoms with Gasteiger partial charge in [-0.1, -0.05) is 43.5 Å². The van der Waals surface area contributed by atoms with Crippen LogP contribution in [0.5, 0.6) is 0 Å². The molecule has 0 saturated heterocycles. The second kappa shape index (κ2) is 10.9. The van der Waals surface area contributed by atoms with Crippen molar-refractivity contribution in [3.05, 3.63) is 40.8 Å². The number of hydrogen-bond donors (Lipinski definition) is 0. The molecule has 1 saturated carbocycles. The zero-order valence-corrected chi connectivity index (χ0v) is 16.5. The van der Waals surface area contributed by atoms with E-state index in [2.05, 4.69) is 29.7 Å². The van der Waals surface area contributed by atoms with Gasteiger partial charge in [0.2, 0.25) is 0 Å². The van der Waals surface area contributed by atoms with Crippen molar-refractivity contribution >= 4 is 35.5 Å². The number of nitrogens with zero attached hydrogens (tertiary/aromatic N) is 1. The standard InChI is InChI=1S/C20H29NOS2/c1-21(18-10-4-3-5-11-18)20(16-24-14-8-13-23-2)19-12-7-6-9-17(19)15-22/h6-7,9,12,15-16,18H,3-5,8,10-11,13-14H2,1-2H3/b20-16-. The fraction of sp³-hybridized carbons (Fsp3) is 0.550. The van der Waals surface area contributed by atoms with Crippen LogP contribution in [-0.4, -0.2) is 42.0 Å². The lowest BCUT2D eigenvalue weighted by Gasteiger charge is -2.35. The van der Waals surface area contributed by atoms with Crippen LogP contribution in [0.2, 0.25) is 0 Å². The highest BCUT2D eigenvalue weighted by Gasteiger charge is 2.21. The topological polar surface area (TPSA) is 20.3 Å². The minimum atomic E-state index is 0.594. The zero-order chi connectivity index (χ0) is 17.2. The van der Waals surface area contributed by atoms with Gasteiger partial charge in [-0.3, -0.25) is 4.79 Å². The van der Waals surface area contributed by atoms with E-state index in [0.29, 0.717) is 6.04 Å². The van der Waals surface area contributed by atoms with Crippen molar-refractivity contribution in [2.24, 2.45) is 0 Å². The highest BCUT2D eigenvalue weighted by molar-refractivity contribution is 8.02. The van der Waals surface area contributed by atoms with E-state index in [1.165, 1.54) is 50.0 Å². The van der Waals surface area contributed by atoms with Gasteiger partial charge >= 0.3 is 0 Å². The predicted octanol–water partition coefficient (Wildman–Crippen LogP) is 5.55. The molecule has 0 atom stereocenters. The summed E-state index contributed by atoms with van der Waals surface area (Å²) in [5.74, 6) is 2.34. The van der Waals surface area contributed by atoms with E-state index in [9.17, 15) is 4.79 Å². The summed E-state index contributed by atoms with van der Waals surface area (Å²) in [6.45, 7) is 0. The molecular weight excluding hydrogens is 334 g/mol. The van der Waals surface area contributed by atoms with Gasteiger partial charge in [0.25, 0.3) is 0 Å². The maximum Gasteiger partial charge on any atom is 0.150 e. The second-order valence-corrected chi connectivity index (χ2v) is 8.29. The molecule has 132 valence electrons. The van der Waals surface area contributed by atoms with E-state index in [0.717, 1.165) is 23.2 Å². The van der Waals surface area contributed by atoms with Gasteiger partial charge in [-0.05, 0) is 42.4 Å². The van der Waals surface area contributed by atoms with E-state index in [1.807, 2.05) is 41.7 Å². The van der Waals surface area contributed by atoms with Crippen LogP contribution in [0, 0.1) is 0 Å². The third-order valence-electron chi connectivity index (χ3n) is 4.67. The van der Waals surface area contributed by atoms with Crippen LogP contribution >= 0.6 is 23.5 Å². The number of rotatable bonds is 9. The average Bonchev–Trinajstić information content (AvgIpc) is 2.65. The third kappa shape index (κ3) is 5.59. The Bertz CT molecular complexity index is 538. The second-order valence-electron chi connectivity index (χ2n) is 6.33. The maximum atomic E-state index is 11.5. The number of carbonyl (C=O) groups is 1. The minimum Gasteiger partial charge on any atom is -0.371 e. The molecule has 2 rings (SSSR count). The van der Waals surface area contributed by atoms with Crippen molar-refractivity contribution in [3.8, 4) is 0 Å². The maximum absolute atomic E-state index is 11.5. The average molecular weight is 364 g/mol. The van der Waals surface area contributed by atoms with E-state index in [1.54, 1.807) is 0 Å². The van der Waals surface area contributed by atoms with Crippen LogP contribution in [0.25, 0.3) is 5.70 Å². The first kappa shape index (κ1) is 19.5. The van der Waals surface area contributed by atoms with E-state index < -0.39 is 0 Å². The Balaban J connectivity index is 2.19. The summed E-state index contributed by atoms with van der Waals surface area (Å²) < 4.78 is 0. The smallest absolute Gasteiger partial charge is 0.150 e. The molecule has 0 radical (unpaired) electrons. The summed E-state index contributed by atoms with van der Waals surface area (Å²) in [6.07, 6.45) is 10.9. The van der Waals surface area contributed by atoms with Gasteiger partial charge in [-0.15, -0.1) is 11.8 Å². The van der Waals surface area contributed by atoms with Crippen molar-refractivity contribution in [1.82, 2.24) is 4.90 Å². The largest absolute Gasteiger partial charge is 0.371 e. The summed E-state index contributed by atoms with van der Waals surface area (Å²) in [5.41, 5.74) is 3.06. The first-order valence-electron chi connectivity index (χ1n) is 8.86. The van der Waals surface area contributed by atoms with Crippen molar-refractivity contribution in [2.75, 3.05) is 24.8 Å². The number of thioether (sulfide) groups is 2. The molecule has 2 nitrogen and oxygen atoms in total. The molecule has 0 amide bonds. The van der Waals surface area contributed by atoms with Crippen molar-refractivity contribution in [1.29, 1.82) is 0 Å². The molecule has 1 aliphatic rings. The Morgan fingerprint density at radius 3 is 2.67 bits per heavy atom. The predicted molar refractivity (Wildman–Crippen MR) is 110 cm³/mol. The van der Waals surface area contributed by atoms with Gasteiger partial charge in [-0.25, -0.2) is 0 Å². The van der Waals surface area contributed by atoms with Gasteiger partial charge in [0.1, 0.15) is 0 Å². The first-order chi connectivity index (χ1) is 11.8. The zero-order valence-electron chi connectivity index (χ0n) is 14.9. The van der Waals surface area contributed by atoms with Crippen molar-refractivity contribution in [3.63, 3.8) is 0 Å². The highest BCUT2D eigenvalue weighted by atomic mass is 32.2. The van der Waals surface area contributed by atoms with Crippen molar-refractivity contribution in [2.45, 2.75) is 44.6 Å². The molecule has 0 bridgehead atoms. The quantitative estimate of drug-likeness (QED) is 0.423. The number of hydrogen-bond acceptors (Lipinski definition) is 4. The summed E-state index contributed by atoms with van der Waals surface area (Å²) in [6, 6.07) is 8.57. The summed E-state index contributed by atoms with van der Waals surface area (Å²) in [7, 11) is 2.20. The van der Waals surface area contributed by atoms with E-state index in [4.69, 9.17) is 0 Å². The summed E-state index contributed by atoms with van der Waals surface area (Å²) in [4.78, 5) is 13.9.